The van der Waals surface area contributed by atoms with Gasteiger partial charge in [0.25, 0.3) is 11.6 Å². The van der Waals surface area contributed by atoms with Crippen LogP contribution in [0.3, 0.4) is 0 Å². The van der Waals surface area contributed by atoms with Crippen LogP contribution in [0.5, 0.6) is 0 Å². The van der Waals surface area contributed by atoms with Crippen LogP contribution in [-0.2, 0) is 24.9 Å². The number of aromatic nitrogens is 1. The van der Waals surface area contributed by atoms with Crippen molar-refractivity contribution in [2.45, 2.75) is 46.3 Å². The third kappa shape index (κ3) is 5.72. The fourth-order valence-corrected chi connectivity index (χ4v) is 3.68. The molecule has 0 saturated heterocycles. The van der Waals surface area contributed by atoms with E-state index in [1.54, 1.807) is 42.4 Å². The van der Waals surface area contributed by atoms with Crippen LogP contribution < -0.4 is 0 Å². The van der Waals surface area contributed by atoms with Crippen LogP contribution in [-0.4, -0.2) is 43.7 Å². The van der Waals surface area contributed by atoms with E-state index in [0.717, 1.165) is 5.69 Å². The molecule has 0 radical (unpaired) electrons. The molecule has 1 unspecified atom stereocenters. The second-order valence-corrected chi connectivity index (χ2v) is 8.39. The maximum atomic E-state index is 13.5. The fraction of sp³-hybridized carbons (Fsp3) is 0.360. The van der Waals surface area contributed by atoms with Gasteiger partial charge in [-0.2, -0.15) is 0 Å². The highest BCUT2D eigenvalue weighted by atomic mass is 16.6. The van der Waals surface area contributed by atoms with E-state index in [9.17, 15) is 19.7 Å². The summed E-state index contributed by atoms with van der Waals surface area (Å²) in [6.07, 6.45) is 4.09. The predicted molar refractivity (Wildman–Crippen MR) is 127 cm³/mol. The molecule has 1 atom stereocenters. The van der Waals surface area contributed by atoms with E-state index in [1.165, 1.54) is 11.0 Å². The SMILES string of the molecule is CCC(C)N(CC(=O)N(Cc1ccco1)Cc1cccn1C)C(=O)c1ccc(C)c([N+](=O)[O-])c1. The number of hydrogen-bond donors (Lipinski definition) is 0. The summed E-state index contributed by atoms with van der Waals surface area (Å²) in [5.41, 5.74) is 1.48. The number of nitro groups is 1. The van der Waals surface area contributed by atoms with E-state index in [4.69, 9.17) is 4.42 Å². The lowest BCUT2D eigenvalue weighted by atomic mass is 10.1. The molecule has 3 rings (SSSR count). The highest BCUT2D eigenvalue weighted by Crippen LogP contribution is 2.22. The lowest BCUT2D eigenvalue weighted by molar-refractivity contribution is -0.385. The molecule has 180 valence electrons. The molecule has 0 saturated carbocycles. The summed E-state index contributed by atoms with van der Waals surface area (Å²) in [5.74, 6) is -0.0198. The summed E-state index contributed by atoms with van der Waals surface area (Å²) in [7, 11) is 1.91. The number of nitro benzene ring substituents is 1. The second-order valence-electron chi connectivity index (χ2n) is 8.39. The van der Waals surface area contributed by atoms with Crippen molar-refractivity contribution in [1.29, 1.82) is 0 Å². The number of furan rings is 1. The minimum atomic E-state index is -0.504. The molecule has 34 heavy (non-hydrogen) atoms. The number of rotatable bonds is 10. The number of hydrogen-bond acceptors (Lipinski definition) is 5. The smallest absolute Gasteiger partial charge is 0.273 e. The Morgan fingerprint density at radius 2 is 1.94 bits per heavy atom. The van der Waals surface area contributed by atoms with Gasteiger partial charge >= 0.3 is 0 Å². The van der Waals surface area contributed by atoms with E-state index in [1.807, 2.05) is 43.8 Å². The summed E-state index contributed by atoms with van der Waals surface area (Å²) < 4.78 is 7.39. The van der Waals surface area contributed by atoms with E-state index < -0.39 is 10.8 Å². The first-order valence-electron chi connectivity index (χ1n) is 11.2. The minimum Gasteiger partial charge on any atom is -0.467 e. The van der Waals surface area contributed by atoms with Gasteiger partial charge in [-0.05, 0) is 50.6 Å². The summed E-state index contributed by atoms with van der Waals surface area (Å²) in [6.45, 7) is 5.87. The van der Waals surface area contributed by atoms with Gasteiger partial charge in [-0.3, -0.25) is 19.7 Å². The Morgan fingerprint density at radius 1 is 1.18 bits per heavy atom. The summed E-state index contributed by atoms with van der Waals surface area (Å²) >= 11 is 0. The van der Waals surface area contributed by atoms with Gasteiger partial charge in [0, 0.05) is 42.2 Å². The number of carbonyl (C=O) groups excluding carboxylic acids is 2. The topological polar surface area (TPSA) is 102 Å². The molecule has 9 nitrogen and oxygen atoms in total. The van der Waals surface area contributed by atoms with Crippen LogP contribution in [0.4, 0.5) is 5.69 Å². The fourth-order valence-electron chi connectivity index (χ4n) is 3.68. The molecule has 2 amide bonds. The van der Waals surface area contributed by atoms with Crippen LogP contribution in [0.25, 0.3) is 0 Å². The molecule has 2 heterocycles. The first-order valence-corrected chi connectivity index (χ1v) is 11.2. The lowest BCUT2D eigenvalue weighted by Crippen LogP contribution is -2.46. The van der Waals surface area contributed by atoms with Gasteiger partial charge in [0.2, 0.25) is 5.91 Å². The molecule has 0 aliphatic heterocycles. The summed E-state index contributed by atoms with van der Waals surface area (Å²) in [5, 5.41) is 11.4. The number of aryl methyl sites for hydroxylation is 2. The standard InChI is InChI=1S/C25H30N4O5/c1-5-19(3)28(25(31)20-11-10-18(2)23(14-20)29(32)33)17-24(30)27(16-22-9-7-13-34-22)15-21-8-6-12-26(21)4/h6-14,19H,5,15-17H2,1-4H3. The van der Waals surface area contributed by atoms with E-state index in [-0.39, 0.29) is 36.3 Å². The van der Waals surface area contributed by atoms with Gasteiger partial charge in [0.1, 0.15) is 12.3 Å². The van der Waals surface area contributed by atoms with E-state index in [2.05, 4.69) is 0 Å². The molecule has 3 aromatic rings. The summed E-state index contributed by atoms with van der Waals surface area (Å²) in [4.78, 5) is 40.9. The molecular formula is C25H30N4O5. The lowest BCUT2D eigenvalue weighted by Gasteiger charge is -2.31. The highest BCUT2D eigenvalue weighted by Gasteiger charge is 2.28. The van der Waals surface area contributed by atoms with Crippen molar-refractivity contribution in [2.24, 2.45) is 7.05 Å². The molecule has 9 heteroatoms. The third-order valence-corrected chi connectivity index (χ3v) is 6.03. The van der Waals surface area contributed by atoms with Crippen LogP contribution in [0.15, 0.2) is 59.3 Å². The monoisotopic (exact) mass is 466 g/mol. The van der Waals surface area contributed by atoms with Crippen molar-refractivity contribution in [3.63, 3.8) is 0 Å². The number of nitrogens with zero attached hydrogens (tertiary/aromatic N) is 4. The molecule has 0 fully saturated rings. The van der Waals surface area contributed by atoms with Crippen LogP contribution >= 0.6 is 0 Å². The summed E-state index contributed by atoms with van der Waals surface area (Å²) in [6, 6.07) is 11.6. The Kier molecular flexibility index (Phi) is 7.88. The van der Waals surface area contributed by atoms with Crippen LogP contribution in [0.1, 0.15) is 47.6 Å². The normalized spacial score (nSPS) is 11.8. The molecule has 0 spiro atoms. The molecule has 0 bridgehead atoms. The molecule has 0 N–H and O–H groups in total. The largest absolute Gasteiger partial charge is 0.467 e. The predicted octanol–water partition coefficient (Wildman–Crippen LogP) is 4.30. The molecule has 0 aliphatic rings. The zero-order chi connectivity index (χ0) is 24.8. The van der Waals surface area contributed by atoms with E-state index >= 15 is 0 Å². The first-order chi connectivity index (χ1) is 16.2. The Labute approximate surface area is 198 Å². The van der Waals surface area contributed by atoms with Gasteiger partial charge in [-0.1, -0.05) is 13.0 Å². The first kappa shape index (κ1) is 24.8. The van der Waals surface area contributed by atoms with Crippen LogP contribution in [0.2, 0.25) is 0 Å². The Morgan fingerprint density at radius 3 is 2.53 bits per heavy atom. The van der Waals surface area contributed by atoms with Gasteiger partial charge < -0.3 is 18.8 Å². The number of amides is 2. The van der Waals surface area contributed by atoms with Crippen molar-refractivity contribution < 1.29 is 18.9 Å². The molecule has 2 aromatic heterocycles. The van der Waals surface area contributed by atoms with Crippen molar-refractivity contribution in [3.05, 3.63) is 87.6 Å². The van der Waals surface area contributed by atoms with Crippen molar-refractivity contribution in [2.75, 3.05) is 6.54 Å². The Bertz CT molecular complexity index is 1150. The second kappa shape index (κ2) is 10.8. The van der Waals surface area contributed by atoms with Gasteiger partial charge in [-0.25, -0.2) is 0 Å². The molecular weight excluding hydrogens is 436 g/mol. The van der Waals surface area contributed by atoms with Crippen molar-refractivity contribution in [1.82, 2.24) is 14.4 Å². The minimum absolute atomic E-state index is 0.121. The van der Waals surface area contributed by atoms with E-state index in [0.29, 0.717) is 24.3 Å². The maximum Gasteiger partial charge on any atom is 0.273 e. The maximum absolute atomic E-state index is 13.5. The zero-order valence-electron chi connectivity index (χ0n) is 19.9. The molecule has 1 aromatic carbocycles. The average molecular weight is 467 g/mol. The van der Waals surface area contributed by atoms with Crippen LogP contribution in [0, 0.1) is 17.0 Å². The zero-order valence-corrected chi connectivity index (χ0v) is 19.9. The molecule has 0 aliphatic carbocycles. The Hall–Kier alpha value is -3.88. The van der Waals surface area contributed by atoms with Crippen molar-refractivity contribution in [3.8, 4) is 0 Å². The number of carbonyl (C=O) groups is 2. The van der Waals surface area contributed by atoms with Gasteiger partial charge in [-0.15, -0.1) is 0 Å². The third-order valence-electron chi connectivity index (χ3n) is 6.03. The van der Waals surface area contributed by atoms with Gasteiger partial charge in [0.15, 0.2) is 0 Å². The van der Waals surface area contributed by atoms with Gasteiger partial charge in [0.05, 0.1) is 24.3 Å². The quantitative estimate of drug-likeness (QED) is 0.327. The average Bonchev–Trinajstić information content (AvgIpc) is 3.47. The number of benzene rings is 1. The van der Waals surface area contributed by atoms with Crippen molar-refractivity contribution >= 4 is 17.5 Å². The highest BCUT2D eigenvalue weighted by molar-refractivity contribution is 5.97. The Balaban J connectivity index is 1.87.